The Morgan fingerprint density at radius 2 is 2.00 bits per heavy atom. The van der Waals surface area contributed by atoms with Gasteiger partial charge in [-0.25, -0.2) is 4.79 Å². The Kier molecular flexibility index (Phi) is 8.84. The van der Waals surface area contributed by atoms with E-state index in [1.165, 1.54) is 6.26 Å². The third-order valence-electron chi connectivity index (χ3n) is 4.61. The van der Waals surface area contributed by atoms with Gasteiger partial charge in [-0.15, -0.1) is 0 Å². The minimum atomic E-state index is -1.51. The highest BCUT2D eigenvalue weighted by molar-refractivity contribution is 7.85. The normalized spacial score (nSPS) is 13.8. The molecule has 3 N–H and O–H groups in total. The van der Waals surface area contributed by atoms with E-state index in [9.17, 15) is 18.6 Å². The van der Waals surface area contributed by atoms with Crippen molar-refractivity contribution in [3.63, 3.8) is 0 Å². The zero-order chi connectivity index (χ0) is 23.0. The van der Waals surface area contributed by atoms with Crippen LogP contribution in [0.1, 0.15) is 32.3 Å². The number of Topliss-reactive ketones (excluding diaryl/α,β-unsaturated/α-hetero) is 1. The van der Waals surface area contributed by atoms with Gasteiger partial charge in [0.2, 0.25) is 11.7 Å². The number of nitrogens with one attached hydrogen (secondary N) is 3. The number of carbonyl (C=O) groups excluding carboxylic acids is 3. The summed E-state index contributed by atoms with van der Waals surface area (Å²) < 4.78 is 17.6. The molecule has 0 aliphatic heterocycles. The molecule has 1 heterocycles. The lowest BCUT2D eigenvalue weighted by molar-refractivity contribution is -0.151. The third kappa shape index (κ3) is 6.97. The maximum atomic E-state index is 13.0. The number of H-pyrrole nitrogens is 1. The van der Waals surface area contributed by atoms with Gasteiger partial charge in [0.15, 0.2) is 0 Å². The number of hydrogen-bond acceptors (Lipinski definition) is 6. The van der Waals surface area contributed by atoms with Gasteiger partial charge in [0, 0.05) is 40.6 Å². The molecule has 0 saturated heterocycles. The second-order valence-electron chi connectivity index (χ2n) is 7.36. The van der Waals surface area contributed by atoms with Crippen LogP contribution < -0.4 is 5.32 Å². The van der Waals surface area contributed by atoms with E-state index < -0.39 is 45.9 Å². The first-order chi connectivity index (χ1) is 14.7. The summed E-state index contributed by atoms with van der Waals surface area (Å²) in [5.74, 6) is -1.67. The molecule has 31 heavy (non-hydrogen) atoms. The van der Waals surface area contributed by atoms with E-state index in [2.05, 4.69) is 15.1 Å². The zero-order valence-electron chi connectivity index (χ0n) is 17.7. The van der Waals surface area contributed by atoms with Gasteiger partial charge in [-0.2, -0.15) is 0 Å². The monoisotopic (exact) mass is 447 g/mol. The molecule has 1 aromatic carbocycles. The number of benzene rings is 1. The van der Waals surface area contributed by atoms with Crippen molar-refractivity contribution in [2.24, 2.45) is 0 Å². The summed E-state index contributed by atoms with van der Waals surface area (Å²) >= 11 is 0. The molecule has 9 nitrogen and oxygen atoms in total. The van der Waals surface area contributed by atoms with E-state index in [0.29, 0.717) is 0 Å². The molecule has 3 atom stereocenters. The Hall–Kier alpha value is -3.10. The van der Waals surface area contributed by atoms with Gasteiger partial charge >= 0.3 is 12.2 Å². The first kappa shape index (κ1) is 24.2. The number of fused-ring (bicyclic) bond motifs is 1. The number of amides is 1. The van der Waals surface area contributed by atoms with Gasteiger partial charge in [0.05, 0.1) is 16.4 Å². The number of hydrogen-bond donors (Lipinski definition) is 3. The highest BCUT2D eigenvalue weighted by atomic mass is 32.2. The van der Waals surface area contributed by atoms with E-state index in [0.717, 1.165) is 22.7 Å². The summed E-state index contributed by atoms with van der Waals surface area (Å²) in [6.07, 6.45) is 3.76. The van der Waals surface area contributed by atoms with Gasteiger partial charge in [0.1, 0.15) is 11.3 Å². The Morgan fingerprint density at radius 3 is 2.65 bits per heavy atom. The lowest BCUT2D eigenvalue weighted by Gasteiger charge is -2.21. The number of aromatic nitrogens is 1. The third-order valence-corrected chi connectivity index (χ3v) is 5.80. The SMILES string of the molecule is CC(C)OC(=O)[C@H](CCC(=O)C=[N+]=N)NC(=O)[C@H](Cc1c[nH]c2ccccc12)S(C)=O. The number of para-hydroxylation sites is 1. The topological polar surface area (TPSA) is 143 Å². The minimum Gasteiger partial charge on any atom is -0.461 e. The Balaban J connectivity index is 2.18. The second kappa shape index (κ2) is 11.3. The van der Waals surface area contributed by atoms with Gasteiger partial charge < -0.3 is 15.0 Å². The number of nitrogens with zero attached hydrogens (tertiary/aromatic N) is 1. The quantitative estimate of drug-likeness (QED) is 0.207. The van der Waals surface area contributed by atoms with E-state index in [-0.39, 0.29) is 19.3 Å². The largest absolute Gasteiger partial charge is 0.461 e. The summed E-state index contributed by atoms with van der Waals surface area (Å²) in [7, 11) is -1.51. The minimum absolute atomic E-state index is 0.0156. The van der Waals surface area contributed by atoms with Crippen molar-refractivity contribution in [2.75, 3.05) is 6.26 Å². The van der Waals surface area contributed by atoms with Crippen molar-refractivity contribution < 1.29 is 28.1 Å². The Labute approximate surface area is 182 Å². The molecule has 166 valence electrons. The maximum Gasteiger partial charge on any atom is 0.372 e. The fourth-order valence-corrected chi connectivity index (χ4v) is 3.90. The molecule has 1 unspecified atom stereocenters. The van der Waals surface area contributed by atoms with Crippen LogP contribution in [0.4, 0.5) is 0 Å². The molecule has 0 saturated carbocycles. The molecule has 0 spiro atoms. The van der Waals surface area contributed by atoms with Crippen LogP contribution in [0.5, 0.6) is 0 Å². The van der Waals surface area contributed by atoms with Crippen molar-refractivity contribution in [3.8, 4) is 0 Å². The van der Waals surface area contributed by atoms with E-state index in [1.807, 2.05) is 24.3 Å². The summed E-state index contributed by atoms with van der Waals surface area (Å²) in [6.45, 7) is 3.35. The first-order valence-corrected chi connectivity index (χ1v) is 11.5. The Bertz CT molecular complexity index is 1030. The van der Waals surface area contributed by atoms with Crippen LogP contribution >= 0.6 is 0 Å². The fourth-order valence-electron chi connectivity index (χ4n) is 3.11. The fraction of sp³-hybridized carbons (Fsp3) is 0.429. The molecule has 2 rings (SSSR count). The van der Waals surface area contributed by atoms with Crippen LogP contribution in [0, 0.1) is 5.53 Å². The lowest BCUT2D eigenvalue weighted by atomic mass is 10.1. The molecule has 10 heteroatoms. The number of rotatable bonds is 11. The first-order valence-electron chi connectivity index (χ1n) is 9.83. The molecule has 0 radical (unpaired) electrons. The summed E-state index contributed by atoms with van der Waals surface area (Å²) in [4.78, 5) is 43.1. The molecule has 2 aromatic rings. The van der Waals surface area contributed by atoms with E-state index in [1.54, 1.807) is 20.0 Å². The summed E-state index contributed by atoms with van der Waals surface area (Å²) in [5.41, 5.74) is 8.46. The van der Waals surface area contributed by atoms with Crippen molar-refractivity contribution in [1.82, 2.24) is 10.3 Å². The predicted molar refractivity (Wildman–Crippen MR) is 116 cm³/mol. The predicted octanol–water partition coefficient (Wildman–Crippen LogP) is 1.55. The van der Waals surface area contributed by atoms with E-state index in [4.69, 9.17) is 10.3 Å². The summed E-state index contributed by atoms with van der Waals surface area (Å²) in [5, 5.41) is 2.64. The molecule has 0 fully saturated rings. The van der Waals surface area contributed by atoms with Crippen LogP contribution in [-0.4, -0.2) is 61.5 Å². The molecule has 1 aromatic heterocycles. The highest BCUT2D eigenvalue weighted by Crippen LogP contribution is 2.20. The van der Waals surface area contributed by atoms with E-state index >= 15 is 0 Å². The maximum absolute atomic E-state index is 13.0. The molecule has 0 aliphatic rings. The average Bonchev–Trinajstić information content (AvgIpc) is 3.11. The van der Waals surface area contributed by atoms with Gasteiger partial charge in [-0.05, 0) is 38.3 Å². The molecule has 1 amide bonds. The number of esters is 1. The van der Waals surface area contributed by atoms with Gasteiger partial charge in [0.25, 0.3) is 0 Å². The van der Waals surface area contributed by atoms with Gasteiger partial charge in [-0.1, -0.05) is 18.2 Å². The zero-order valence-corrected chi connectivity index (χ0v) is 18.5. The standard InChI is InChI=1S/C21H26N4O5S/c1-13(2)30-21(28)18(9-8-15(26)12-24-22)25-20(27)19(31(3)29)10-14-11-23-17-7-5-4-6-16(14)17/h4-7,11-13,18-19,22-23H,8-10H2,1-3H3/p+1/t18-,19-,31?/m0/s1. The number of ether oxygens (including phenoxy) is 1. The number of carbonyl (C=O) groups is 3. The molecule has 0 bridgehead atoms. The van der Waals surface area contributed by atoms with Crippen molar-refractivity contribution in [1.29, 1.82) is 5.53 Å². The van der Waals surface area contributed by atoms with Crippen LogP contribution in [0.25, 0.3) is 10.9 Å². The van der Waals surface area contributed by atoms with Crippen molar-refractivity contribution in [2.45, 2.75) is 50.5 Å². The van der Waals surface area contributed by atoms with Crippen molar-refractivity contribution in [3.05, 3.63) is 36.0 Å². The molecular weight excluding hydrogens is 420 g/mol. The number of aromatic amines is 1. The average molecular weight is 448 g/mol. The van der Waals surface area contributed by atoms with Crippen molar-refractivity contribution >= 4 is 45.6 Å². The lowest BCUT2D eigenvalue weighted by Crippen LogP contribution is -2.48. The molecular formula is C21H27N4O5S+. The van der Waals surface area contributed by atoms with Crippen LogP contribution in [-0.2, 0) is 36.3 Å². The van der Waals surface area contributed by atoms with Crippen LogP contribution in [0.2, 0.25) is 0 Å². The van der Waals surface area contributed by atoms with Crippen LogP contribution in [0.3, 0.4) is 0 Å². The summed E-state index contributed by atoms with van der Waals surface area (Å²) in [6, 6.07) is 6.52. The smallest absolute Gasteiger partial charge is 0.372 e. The van der Waals surface area contributed by atoms with Crippen LogP contribution in [0.15, 0.2) is 30.5 Å². The molecule has 0 aliphatic carbocycles. The van der Waals surface area contributed by atoms with Gasteiger partial charge in [-0.3, -0.25) is 13.8 Å². The highest BCUT2D eigenvalue weighted by Gasteiger charge is 2.30. The number of ketones is 1. The Morgan fingerprint density at radius 1 is 1.29 bits per heavy atom. The second-order valence-corrected chi connectivity index (χ2v) is 8.93.